The molecule has 74 valence electrons. The topological polar surface area (TPSA) is 60.2 Å². The highest BCUT2D eigenvalue weighted by molar-refractivity contribution is 9.10. The minimum Gasteiger partial charge on any atom is -0.497 e. The summed E-state index contributed by atoms with van der Waals surface area (Å²) in [5.41, 5.74) is 3.42. The van der Waals surface area contributed by atoms with Crippen molar-refractivity contribution in [2.75, 3.05) is 12.5 Å². The Morgan fingerprint density at radius 2 is 2.36 bits per heavy atom. The number of benzene rings is 1. The average Bonchev–Trinajstić information content (AvgIpc) is 2.61. The Labute approximate surface area is 93.2 Å². The van der Waals surface area contributed by atoms with Crippen molar-refractivity contribution in [3.8, 4) is 5.75 Å². The minimum atomic E-state index is 0.689. The van der Waals surface area contributed by atoms with Crippen LogP contribution in [0.15, 0.2) is 16.6 Å². The van der Waals surface area contributed by atoms with Gasteiger partial charge in [-0.15, -0.1) is 0 Å². The number of nitrogens with two attached hydrogens (primary N) is 1. The second kappa shape index (κ2) is 3.72. The van der Waals surface area contributed by atoms with Gasteiger partial charge in [-0.1, -0.05) is 11.3 Å². The predicted octanol–water partition coefficient (Wildman–Crippen LogP) is 2.35. The zero-order chi connectivity index (χ0) is 10.1. The quantitative estimate of drug-likeness (QED) is 0.652. The van der Waals surface area contributed by atoms with Gasteiger partial charge in [0.2, 0.25) is 0 Å². The first kappa shape index (κ1) is 9.70. The monoisotopic (exact) mass is 273 g/mol. The zero-order valence-corrected chi connectivity index (χ0v) is 9.78. The molecule has 2 aromatic rings. The van der Waals surface area contributed by atoms with E-state index >= 15 is 0 Å². The molecule has 6 heteroatoms. The number of rotatable bonds is 2. The van der Waals surface area contributed by atoms with Crippen molar-refractivity contribution in [1.29, 1.82) is 0 Å². The zero-order valence-electron chi connectivity index (χ0n) is 7.37. The Kier molecular flexibility index (Phi) is 2.58. The Morgan fingerprint density at radius 1 is 1.57 bits per heavy atom. The summed E-state index contributed by atoms with van der Waals surface area (Å²) in [4.78, 5) is 4.29. The number of hydrazine groups is 1. The summed E-state index contributed by atoms with van der Waals surface area (Å²) in [6.45, 7) is 0. The van der Waals surface area contributed by atoms with Gasteiger partial charge in [0.1, 0.15) is 5.75 Å². The molecule has 0 saturated heterocycles. The summed E-state index contributed by atoms with van der Waals surface area (Å²) in [5, 5.41) is 0.689. The summed E-state index contributed by atoms with van der Waals surface area (Å²) in [7, 11) is 1.64. The number of aromatic nitrogens is 1. The third kappa shape index (κ3) is 1.56. The molecule has 0 aliphatic rings. The second-order valence-corrected chi connectivity index (χ2v) is 4.50. The predicted molar refractivity (Wildman–Crippen MR) is 61.7 cm³/mol. The maximum atomic E-state index is 5.29. The molecule has 4 nitrogen and oxygen atoms in total. The molecule has 0 saturated carbocycles. The maximum Gasteiger partial charge on any atom is 0.198 e. The molecule has 0 unspecified atom stereocenters. The maximum absolute atomic E-state index is 5.29. The summed E-state index contributed by atoms with van der Waals surface area (Å²) < 4.78 is 7.08. The van der Waals surface area contributed by atoms with Gasteiger partial charge >= 0.3 is 0 Å². The first-order chi connectivity index (χ1) is 6.74. The summed E-state index contributed by atoms with van der Waals surface area (Å²) in [6.07, 6.45) is 0. The van der Waals surface area contributed by atoms with Crippen molar-refractivity contribution < 1.29 is 4.74 Å². The van der Waals surface area contributed by atoms with Gasteiger partial charge in [-0.2, -0.15) is 0 Å². The largest absolute Gasteiger partial charge is 0.497 e. The van der Waals surface area contributed by atoms with Crippen LogP contribution >= 0.6 is 27.3 Å². The number of nitrogen functional groups attached to an aromatic ring is 1. The lowest BCUT2D eigenvalue weighted by molar-refractivity contribution is 0.415. The van der Waals surface area contributed by atoms with E-state index in [0.29, 0.717) is 5.13 Å². The van der Waals surface area contributed by atoms with Gasteiger partial charge < -0.3 is 4.74 Å². The molecule has 1 aromatic heterocycles. The van der Waals surface area contributed by atoms with Crippen LogP contribution in [-0.4, -0.2) is 12.1 Å². The van der Waals surface area contributed by atoms with Crippen molar-refractivity contribution in [2.45, 2.75) is 0 Å². The van der Waals surface area contributed by atoms with Crippen molar-refractivity contribution in [1.82, 2.24) is 4.98 Å². The van der Waals surface area contributed by atoms with Crippen molar-refractivity contribution >= 4 is 42.6 Å². The average molecular weight is 274 g/mol. The van der Waals surface area contributed by atoms with Crippen molar-refractivity contribution in [2.24, 2.45) is 5.84 Å². The summed E-state index contributed by atoms with van der Waals surface area (Å²) >= 11 is 4.91. The molecule has 0 bridgehead atoms. The van der Waals surface area contributed by atoms with Gasteiger partial charge in [-0.3, -0.25) is 5.43 Å². The summed E-state index contributed by atoms with van der Waals surface area (Å²) in [5.74, 6) is 6.09. The first-order valence-corrected chi connectivity index (χ1v) is 5.46. The molecule has 0 atom stereocenters. The van der Waals surface area contributed by atoms with Gasteiger partial charge in [0.25, 0.3) is 0 Å². The van der Waals surface area contributed by atoms with Crippen LogP contribution in [-0.2, 0) is 0 Å². The number of hydrogen-bond acceptors (Lipinski definition) is 5. The Hall–Kier alpha value is -0.850. The molecule has 0 spiro atoms. The van der Waals surface area contributed by atoms with Crippen molar-refractivity contribution in [3.63, 3.8) is 0 Å². The number of nitrogens with zero attached hydrogens (tertiary/aromatic N) is 1. The van der Waals surface area contributed by atoms with E-state index in [1.165, 1.54) is 11.3 Å². The van der Waals surface area contributed by atoms with Gasteiger partial charge in [-0.05, 0) is 28.1 Å². The number of thiazole rings is 1. The van der Waals surface area contributed by atoms with E-state index in [1.807, 2.05) is 12.1 Å². The second-order valence-electron chi connectivity index (χ2n) is 2.62. The van der Waals surface area contributed by atoms with E-state index in [4.69, 9.17) is 10.6 Å². The number of fused-ring (bicyclic) bond motifs is 1. The number of nitrogens with one attached hydrogen (secondary N) is 1. The number of hydrogen-bond donors (Lipinski definition) is 2. The third-order valence-corrected chi connectivity index (χ3v) is 3.32. The van der Waals surface area contributed by atoms with Crippen LogP contribution in [0.25, 0.3) is 10.2 Å². The molecule has 0 amide bonds. The molecule has 1 aromatic carbocycles. The Morgan fingerprint density at radius 3 is 3.00 bits per heavy atom. The fraction of sp³-hybridized carbons (Fsp3) is 0.125. The van der Waals surface area contributed by atoms with Crippen LogP contribution in [0.4, 0.5) is 5.13 Å². The van der Waals surface area contributed by atoms with E-state index < -0.39 is 0 Å². The fourth-order valence-corrected chi connectivity index (χ4v) is 2.64. The van der Waals surface area contributed by atoms with Crippen LogP contribution < -0.4 is 16.0 Å². The van der Waals surface area contributed by atoms with Gasteiger partial charge in [0.15, 0.2) is 5.13 Å². The van der Waals surface area contributed by atoms with Crippen LogP contribution in [0.1, 0.15) is 0 Å². The van der Waals surface area contributed by atoms with E-state index in [0.717, 1.165) is 20.4 Å². The molecule has 0 aliphatic carbocycles. The number of methoxy groups -OCH3 is 1. The molecule has 2 rings (SSSR count). The van der Waals surface area contributed by atoms with Gasteiger partial charge in [0, 0.05) is 4.47 Å². The lowest BCUT2D eigenvalue weighted by Gasteiger charge is -1.99. The Balaban J connectivity index is 2.67. The first-order valence-electron chi connectivity index (χ1n) is 3.85. The minimum absolute atomic E-state index is 0.689. The van der Waals surface area contributed by atoms with Gasteiger partial charge in [-0.25, -0.2) is 10.8 Å². The molecule has 14 heavy (non-hydrogen) atoms. The highest BCUT2D eigenvalue weighted by Gasteiger charge is 2.08. The molecule has 0 aliphatic heterocycles. The highest BCUT2D eigenvalue weighted by Crippen LogP contribution is 2.34. The highest BCUT2D eigenvalue weighted by atomic mass is 79.9. The molecule has 3 N–H and O–H groups in total. The third-order valence-electron chi connectivity index (χ3n) is 1.78. The number of halogens is 1. The number of ether oxygens (including phenoxy) is 1. The van der Waals surface area contributed by atoms with Crippen LogP contribution in [0.2, 0.25) is 0 Å². The lowest BCUT2D eigenvalue weighted by Crippen LogP contribution is -2.05. The smallest absolute Gasteiger partial charge is 0.198 e. The standard InChI is InChI=1S/C8H8BrN3OS/c1-13-4-2-5(9)7-6(3-4)14-8(11-7)12-10/h2-3H,10H2,1H3,(H,11,12). The molecule has 0 fully saturated rings. The number of anilines is 1. The Bertz CT molecular complexity index is 471. The molecular weight excluding hydrogens is 266 g/mol. The van der Waals surface area contributed by atoms with E-state index in [9.17, 15) is 0 Å². The molecule has 1 heterocycles. The summed E-state index contributed by atoms with van der Waals surface area (Å²) in [6, 6.07) is 3.81. The lowest BCUT2D eigenvalue weighted by atomic mass is 10.3. The van der Waals surface area contributed by atoms with Crippen LogP contribution in [0.5, 0.6) is 5.75 Å². The fourth-order valence-electron chi connectivity index (χ4n) is 1.14. The van der Waals surface area contributed by atoms with Crippen LogP contribution in [0.3, 0.4) is 0 Å². The normalized spacial score (nSPS) is 10.5. The van der Waals surface area contributed by atoms with Gasteiger partial charge in [0.05, 0.1) is 17.3 Å². The van der Waals surface area contributed by atoms with E-state index in [1.54, 1.807) is 7.11 Å². The van der Waals surface area contributed by atoms with Crippen molar-refractivity contribution in [3.05, 3.63) is 16.6 Å². The molecular formula is C8H8BrN3OS. The van der Waals surface area contributed by atoms with E-state index in [2.05, 4.69) is 26.3 Å². The SMILES string of the molecule is COc1cc(Br)c2nc(NN)sc2c1. The van der Waals surface area contributed by atoms with Crippen LogP contribution in [0, 0.1) is 0 Å². The molecule has 0 radical (unpaired) electrons. The van der Waals surface area contributed by atoms with E-state index in [-0.39, 0.29) is 0 Å².